The van der Waals surface area contributed by atoms with Crippen LogP contribution in [0, 0.1) is 18.3 Å². The highest BCUT2D eigenvalue weighted by Crippen LogP contribution is 2.49. The smallest absolute Gasteiger partial charge is 0.321 e. The van der Waals surface area contributed by atoms with Crippen LogP contribution in [0.25, 0.3) is 0 Å². The summed E-state index contributed by atoms with van der Waals surface area (Å²) in [7, 11) is 0. The third-order valence-corrected chi connectivity index (χ3v) is 6.42. The number of nitrogens with one attached hydrogen (secondary N) is 1. The lowest BCUT2D eigenvalue weighted by molar-refractivity contribution is -0.164. The van der Waals surface area contributed by atoms with Gasteiger partial charge in [-0.2, -0.15) is 0 Å². The number of hydrogen-bond donors (Lipinski definition) is 1. The number of nitrogens with zero attached hydrogens (tertiary/aromatic N) is 1. The van der Waals surface area contributed by atoms with E-state index < -0.39 is 17.4 Å². The first kappa shape index (κ1) is 21.5. The highest BCUT2D eigenvalue weighted by atomic mass is 16.6. The van der Waals surface area contributed by atoms with E-state index in [1.807, 2.05) is 19.1 Å². The molecule has 2 aliphatic heterocycles. The number of likely N-dealkylation sites (tertiary alicyclic amines) is 1. The first-order valence-corrected chi connectivity index (χ1v) is 10.9. The van der Waals surface area contributed by atoms with Crippen molar-refractivity contribution in [3.05, 3.63) is 23.3 Å². The molecule has 8 heteroatoms. The number of rotatable bonds is 6. The summed E-state index contributed by atoms with van der Waals surface area (Å²) in [4.78, 5) is 40.2. The fourth-order valence-electron chi connectivity index (χ4n) is 4.43. The lowest BCUT2D eigenvalue weighted by Gasteiger charge is -2.33. The average Bonchev–Trinajstić information content (AvgIpc) is 3.41. The Balaban J connectivity index is 1.45. The molecule has 1 aromatic carbocycles. The molecule has 2 amide bonds. The lowest BCUT2D eigenvalue weighted by atomic mass is 9.91. The molecular formula is C23H30N2O6. The third-order valence-electron chi connectivity index (χ3n) is 6.42. The van der Waals surface area contributed by atoms with Crippen molar-refractivity contribution in [1.29, 1.82) is 0 Å². The minimum atomic E-state index is -1.32. The molecule has 2 fully saturated rings. The second-order valence-corrected chi connectivity index (χ2v) is 9.01. The van der Waals surface area contributed by atoms with Crippen LogP contribution in [0.15, 0.2) is 12.1 Å². The normalized spacial score (nSPS) is 23.7. The van der Waals surface area contributed by atoms with E-state index in [0.717, 1.165) is 17.5 Å². The summed E-state index contributed by atoms with van der Waals surface area (Å²) in [6, 6.07) is 3.27. The van der Waals surface area contributed by atoms with E-state index in [0.29, 0.717) is 43.6 Å². The summed E-state index contributed by atoms with van der Waals surface area (Å²) in [5.41, 5.74) is 0.610. The van der Waals surface area contributed by atoms with Crippen molar-refractivity contribution in [1.82, 2.24) is 10.2 Å². The molecule has 2 heterocycles. The largest absolute Gasteiger partial charge is 0.486 e. The van der Waals surface area contributed by atoms with Crippen molar-refractivity contribution in [2.24, 2.45) is 11.3 Å². The van der Waals surface area contributed by atoms with Crippen molar-refractivity contribution in [3.8, 4) is 11.5 Å². The number of carbonyl (C=O) groups is 3. The third kappa shape index (κ3) is 3.95. The van der Waals surface area contributed by atoms with Gasteiger partial charge in [-0.05, 0) is 69.7 Å². The number of esters is 1. The van der Waals surface area contributed by atoms with Gasteiger partial charge < -0.3 is 24.4 Å². The molecular weight excluding hydrogens is 400 g/mol. The lowest BCUT2D eigenvalue weighted by Crippen LogP contribution is -2.53. The Hall–Kier alpha value is -2.77. The second kappa shape index (κ2) is 8.05. The molecule has 1 N–H and O–H groups in total. The van der Waals surface area contributed by atoms with E-state index in [1.165, 1.54) is 0 Å². The Morgan fingerprint density at radius 1 is 1.16 bits per heavy atom. The number of hydrogen-bond acceptors (Lipinski definition) is 6. The fourth-order valence-corrected chi connectivity index (χ4v) is 4.43. The molecule has 0 unspecified atom stereocenters. The number of aryl methyl sites for hydroxylation is 1. The topological polar surface area (TPSA) is 94.2 Å². The zero-order valence-corrected chi connectivity index (χ0v) is 18.5. The summed E-state index contributed by atoms with van der Waals surface area (Å²) in [5, 5.41) is 2.97. The van der Waals surface area contributed by atoms with Gasteiger partial charge in [0, 0.05) is 12.6 Å². The molecule has 1 saturated heterocycles. The molecule has 4 rings (SSSR count). The van der Waals surface area contributed by atoms with Crippen LogP contribution in [-0.2, 0) is 25.7 Å². The minimum Gasteiger partial charge on any atom is -0.486 e. The number of fused-ring (bicyclic) bond motifs is 2. The van der Waals surface area contributed by atoms with Gasteiger partial charge in [0.15, 0.2) is 11.5 Å². The maximum atomic E-state index is 13.2. The molecule has 1 aliphatic carbocycles. The van der Waals surface area contributed by atoms with E-state index in [2.05, 4.69) is 5.32 Å². The van der Waals surface area contributed by atoms with Crippen LogP contribution in [0.3, 0.4) is 0 Å². The van der Waals surface area contributed by atoms with Gasteiger partial charge in [0.25, 0.3) is 0 Å². The highest BCUT2D eigenvalue weighted by molar-refractivity contribution is 6.04. The average molecular weight is 431 g/mol. The summed E-state index contributed by atoms with van der Waals surface area (Å²) >= 11 is 0. The zero-order valence-electron chi connectivity index (χ0n) is 18.5. The Morgan fingerprint density at radius 2 is 1.84 bits per heavy atom. The van der Waals surface area contributed by atoms with Gasteiger partial charge in [-0.25, -0.2) is 0 Å². The van der Waals surface area contributed by atoms with Gasteiger partial charge in [-0.3, -0.25) is 14.4 Å². The van der Waals surface area contributed by atoms with Gasteiger partial charge in [0.1, 0.15) is 24.7 Å². The predicted octanol–water partition coefficient (Wildman–Crippen LogP) is 1.96. The molecule has 1 saturated carbocycles. The number of ether oxygens (including phenoxy) is 3. The van der Waals surface area contributed by atoms with Crippen molar-refractivity contribution in [2.45, 2.75) is 59.2 Å². The second-order valence-electron chi connectivity index (χ2n) is 9.01. The molecule has 8 nitrogen and oxygen atoms in total. The summed E-state index contributed by atoms with van der Waals surface area (Å²) in [5.74, 6) is 0.619. The maximum absolute atomic E-state index is 13.2. The van der Waals surface area contributed by atoms with Crippen LogP contribution in [0.2, 0.25) is 0 Å². The van der Waals surface area contributed by atoms with Gasteiger partial charge in [0.2, 0.25) is 11.8 Å². The predicted molar refractivity (Wildman–Crippen MR) is 112 cm³/mol. The van der Waals surface area contributed by atoms with Crippen LogP contribution in [-0.4, -0.2) is 54.6 Å². The maximum Gasteiger partial charge on any atom is 0.321 e. The van der Waals surface area contributed by atoms with Crippen molar-refractivity contribution >= 4 is 17.8 Å². The number of benzene rings is 1. The van der Waals surface area contributed by atoms with Gasteiger partial charge in [0.05, 0.1) is 6.61 Å². The minimum absolute atomic E-state index is 0.0352. The molecule has 3 aliphatic rings. The van der Waals surface area contributed by atoms with Crippen LogP contribution in [0.5, 0.6) is 11.5 Å². The van der Waals surface area contributed by atoms with Crippen LogP contribution in [0.1, 0.15) is 44.7 Å². The highest BCUT2D eigenvalue weighted by Gasteiger charge is 2.59. The number of piperidine rings is 1. The quantitative estimate of drug-likeness (QED) is 0.548. The molecule has 0 spiro atoms. The molecule has 1 aromatic rings. The number of carbonyl (C=O) groups excluding carboxylic acids is 3. The van der Waals surface area contributed by atoms with E-state index in [4.69, 9.17) is 14.2 Å². The van der Waals surface area contributed by atoms with Crippen molar-refractivity contribution in [2.75, 3.05) is 19.8 Å². The van der Waals surface area contributed by atoms with E-state index in [1.54, 1.807) is 25.7 Å². The molecule has 168 valence electrons. The molecule has 31 heavy (non-hydrogen) atoms. The Morgan fingerprint density at radius 3 is 2.52 bits per heavy atom. The molecule has 3 atom stereocenters. The number of amides is 2. The first-order valence-electron chi connectivity index (χ1n) is 10.9. The summed E-state index contributed by atoms with van der Waals surface area (Å²) < 4.78 is 16.3. The summed E-state index contributed by atoms with van der Waals surface area (Å²) in [6.07, 6.45) is 1.51. The Labute approximate surface area is 182 Å². The standard InChI is InChI=1S/C23H30N2O6/c1-5-29-22(28)23(3,4)21(27)25-16-9-14(16)10-17(25)20(26)24-12-15-11-19-18(8-13(15)2)30-6-7-31-19/h8,11,14,16-17H,5-7,9-10,12H2,1-4H3,(H,24,26)/t14-,16-,17+/m0/s1. The SMILES string of the molecule is CCOC(=O)C(C)(C)C(=O)N1[C@@H](C(=O)NCc2cc3c(cc2C)OCCO3)C[C@@H]2C[C@@H]21. The first-order chi connectivity index (χ1) is 14.7. The van der Waals surface area contributed by atoms with Gasteiger partial charge in [-0.15, -0.1) is 0 Å². The Kier molecular flexibility index (Phi) is 5.58. The fraction of sp³-hybridized carbons (Fsp3) is 0.609. The van der Waals surface area contributed by atoms with E-state index in [9.17, 15) is 14.4 Å². The van der Waals surface area contributed by atoms with Crippen molar-refractivity contribution < 1.29 is 28.6 Å². The Bertz CT molecular complexity index is 912. The van der Waals surface area contributed by atoms with E-state index >= 15 is 0 Å². The summed E-state index contributed by atoms with van der Waals surface area (Å²) in [6.45, 7) is 8.37. The molecule has 0 radical (unpaired) electrons. The van der Waals surface area contributed by atoms with Gasteiger partial charge >= 0.3 is 5.97 Å². The van der Waals surface area contributed by atoms with E-state index in [-0.39, 0.29) is 24.5 Å². The van der Waals surface area contributed by atoms with Crippen LogP contribution in [0.4, 0.5) is 0 Å². The monoisotopic (exact) mass is 430 g/mol. The van der Waals surface area contributed by atoms with Gasteiger partial charge in [-0.1, -0.05) is 0 Å². The zero-order chi connectivity index (χ0) is 22.3. The van der Waals surface area contributed by atoms with Crippen LogP contribution < -0.4 is 14.8 Å². The molecule has 0 bridgehead atoms. The van der Waals surface area contributed by atoms with Crippen LogP contribution >= 0.6 is 0 Å². The molecule has 0 aromatic heterocycles. The van der Waals surface area contributed by atoms with Crippen molar-refractivity contribution in [3.63, 3.8) is 0 Å².